The third kappa shape index (κ3) is 3.84. The largest absolute Gasteiger partial charge is 0.356 e. The van der Waals surface area contributed by atoms with Gasteiger partial charge in [-0.15, -0.1) is 0 Å². The van der Waals surface area contributed by atoms with Crippen molar-refractivity contribution >= 4 is 5.91 Å². The molecule has 0 radical (unpaired) electrons. The van der Waals surface area contributed by atoms with E-state index in [9.17, 15) is 4.79 Å². The number of hydrogen-bond acceptors (Lipinski definition) is 2. The summed E-state index contributed by atoms with van der Waals surface area (Å²) in [5.41, 5.74) is 5.67. The molecule has 102 valence electrons. The first-order valence-corrected chi connectivity index (χ1v) is 7.42. The molecule has 3 heteroatoms. The molecule has 1 saturated carbocycles. The van der Waals surface area contributed by atoms with Crippen molar-refractivity contribution < 1.29 is 4.79 Å². The molecule has 0 aromatic carbocycles. The van der Waals surface area contributed by atoms with Crippen LogP contribution in [0.2, 0.25) is 0 Å². The molecule has 0 aromatic heterocycles. The van der Waals surface area contributed by atoms with Crippen LogP contribution in [0.15, 0.2) is 12.2 Å². The Labute approximate surface area is 110 Å². The van der Waals surface area contributed by atoms with Gasteiger partial charge in [0.25, 0.3) is 0 Å². The molecule has 18 heavy (non-hydrogen) atoms. The first kappa shape index (κ1) is 13.6. The van der Waals surface area contributed by atoms with E-state index in [1.807, 2.05) is 0 Å². The van der Waals surface area contributed by atoms with E-state index in [-0.39, 0.29) is 11.8 Å². The fourth-order valence-electron chi connectivity index (χ4n) is 3.09. The number of nitrogens with two attached hydrogens (primary N) is 1. The molecule has 1 atom stereocenters. The Morgan fingerprint density at radius 1 is 1.11 bits per heavy atom. The smallest absolute Gasteiger partial charge is 0.223 e. The van der Waals surface area contributed by atoms with Crippen molar-refractivity contribution in [2.75, 3.05) is 13.1 Å². The third-order valence-corrected chi connectivity index (χ3v) is 4.49. The lowest BCUT2D eigenvalue weighted by molar-refractivity contribution is -0.126. The molecule has 0 aromatic rings. The van der Waals surface area contributed by atoms with Gasteiger partial charge in [-0.3, -0.25) is 4.79 Å². The highest BCUT2D eigenvalue weighted by Gasteiger charge is 2.25. The Morgan fingerprint density at radius 2 is 1.89 bits per heavy atom. The molecule has 2 aliphatic carbocycles. The van der Waals surface area contributed by atoms with Crippen LogP contribution in [0.4, 0.5) is 0 Å². The van der Waals surface area contributed by atoms with Crippen molar-refractivity contribution in [2.24, 2.45) is 23.5 Å². The molecule has 2 aliphatic rings. The molecule has 0 aliphatic heterocycles. The maximum absolute atomic E-state index is 12.1. The van der Waals surface area contributed by atoms with E-state index in [0.717, 1.165) is 45.2 Å². The van der Waals surface area contributed by atoms with E-state index in [1.54, 1.807) is 0 Å². The highest BCUT2D eigenvalue weighted by Crippen LogP contribution is 2.28. The van der Waals surface area contributed by atoms with Crippen LogP contribution in [-0.4, -0.2) is 19.0 Å². The molecule has 0 spiro atoms. The molecule has 1 unspecified atom stereocenters. The molecule has 0 saturated heterocycles. The lowest BCUT2D eigenvalue weighted by Crippen LogP contribution is -2.37. The molecular weight excluding hydrogens is 224 g/mol. The number of carbonyl (C=O) groups is 1. The second kappa shape index (κ2) is 6.93. The zero-order valence-corrected chi connectivity index (χ0v) is 11.2. The Balaban J connectivity index is 1.67. The van der Waals surface area contributed by atoms with E-state index >= 15 is 0 Å². The van der Waals surface area contributed by atoms with E-state index in [0.29, 0.717) is 11.8 Å². The van der Waals surface area contributed by atoms with Crippen LogP contribution in [0.5, 0.6) is 0 Å². The van der Waals surface area contributed by atoms with Gasteiger partial charge in [0, 0.05) is 12.5 Å². The lowest BCUT2D eigenvalue weighted by Gasteiger charge is -2.27. The SMILES string of the molecule is NCC1CCC(C(=O)NCC2CC=CCC2)CC1. The van der Waals surface area contributed by atoms with Gasteiger partial charge >= 0.3 is 0 Å². The van der Waals surface area contributed by atoms with Crippen LogP contribution in [0.1, 0.15) is 44.9 Å². The summed E-state index contributed by atoms with van der Waals surface area (Å²) >= 11 is 0. The molecule has 3 N–H and O–H groups in total. The summed E-state index contributed by atoms with van der Waals surface area (Å²) in [6, 6.07) is 0. The number of carbonyl (C=O) groups excluding carboxylic acids is 1. The van der Waals surface area contributed by atoms with Gasteiger partial charge in [0.1, 0.15) is 0 Å². The van der Waals surface area contributed by atoms with Crippen molar-refractivity contribution in [1.29, 1.82) is 0 Å². The Kier molecular flexibility index (Phi) is 5.24. The summed E-state index contributed by atoms with van der Waals surface area (Å²) in [5.74, 6) is 1.82. The topological polar surface area (TPSA) is 55.1 Å². The van der Waals surface area contributed by atoms with Gasteiger partial charge in [-0.2, -0.15) is 0 Å². The Hall–Kier alpha value is -0.830. The second-order valence-electron chi connectivity index (χ2n) is 5.85. The average Bonchev–Trinajstić information content (AvgIpc) is 2.46. The van der Waals surface area contributed by atoms with Crippen molar-refractivity contribution in [3.8, 4) is 0 Å². The molecule has 1 fully saturated rings. The van der Waals surface area contributed by atoms with Gasteiger partial charge in [0.05, 0.1) is 0 Å². The summed E-state index contributed by atoms with van der Waals surface area (Å²) in [6.07, 6.45) is 12.3. The maximum Gasteiger partial charge on any atom is 0.223 e. The third-order valence-electron chi connectivity index (χ3n) is 4.49. The van der Waals surface area contributed by atoms with Gasteiger partial charge < -0.3 is 11.1 Å². The quantitative estimate of drug-likeness (QED) is 0.752. The first-order valence-electron chi connectivity index (χ1n) is 7.42. The van der Waals surface area contributed by atoms with Crippen LogP contribution in [0, 0.1) is 17.8 Å². The minimum atomic E-state index is 0.243. The highest BCUT2D eigenvalue weighted by atomic mass is 16.1. The Morgan fingerprint density at radius 3 is 2.50 bits per heavy atom. The highest BCUT2D eigenvalue weighted by molar-refractivity contribution is 5.78. The second-order valence-corrected chi connectivity index (χ2v) is 5.85. The van der Waals surface area contributed by atoms with E-state index in [2.05, 4.69) is 17.5 Å². The van der Waals surface area contributed by atoms with Gasteiger partial charge in [-0.1, -0.05) is 12.2 Å². The summed E-state index contributed by atoms with van der Waals surface area (Å²) < 4.78 is 0. The number of rotatable bonds is 4. The van der Waals surface area contributed by atoms with E-state index < -0.39 is 0 Å². The fourth-order valence-corrected chi connectivity index (χ4v) is 3.09. The van der Waals surface area contributed by atoms with Crippen LogP contribution in [-0.2, 0) is 4.79 Å². The van der Waals surface area contributed by atoms with Crippen LogP contribution in [0.3, 0.4) is 0 Å². The van der Waals surface area contributed by atoms with Crippen LogP contribution >= 0.6 is 0 Å². The molecule has 0 heterocycles. The predicted molar refractivity (Wildman–Crippen MR) is 74.0 cm³/mol. The molecule has 2 rings (SSSR count). The van der Waals surface area contributed by atoms with E-state index in [1.165, 1.54) is 12.8 Å². The predicted octanol–water partition coefficient (Wildman–Crippen LogP) is 2.22. The van der Waals surface area contributed by atoms with Crippen molar-refractivity contribution in [3.05, 3.63) is 12.2 Å². The maximum atomic E-state index is 12.1. The normalized spacial score (nSPS) is 32.2. The minimum Gasteiger partial charge on any atom is -0.356 e. The van der Waals surface area contributed by atoms with Crippen molar-refractivity contribution in [1.82, 2.24) is 5.32 Å². The van der Waals surface area contributed by atoms with Gasteiger partial charge in [0.15, 0.2) is 0 Å². The molecule has 1 amide bonds. The fraction of sp³-hybridized carbons (Fsp3) is 0.800. The van der Waals surface area contributed by atoms with E-state index in [4.69, 9.17) is 5.73 Å². The minimum absolute atomic E-state index is 0.243. The summed E-state index contributed by atoms with van der Waals surface area (Å²) in [7, 11) is 0. The number of amides is 1. The van der Waals surface area contributed by atoms with Crippen molar-refractivity contribution in [2.45, 2.75) is 44.9 Å². The Bertz CT molecular complexity index is 293. The summed E-state index contributed by atoms with van der Waals surface area (Å²) in [6.45, 7) is 1.64. The van der Waals surface area contributed by atoms with Crippen LogP contribution in [0.25, 0.3) is 0 Å². The monoisotopic (exact) mass is 250 g/mol. The molecular formula is C15H26N2O. The standard InChI is InChI=1S/C15H26N2O/c16-10-12-6-8-14(9-7-12)15(18)17-11-13-4-2-1-3-5-13/h1-2,12-14H,3-11,16H2,(H,17,18). The van der Waals surface area contributed by atoms with Crippen LogP contribution < -0.4 is 11.1 Å². The number of hydrogen-bond donors (Lipinski definition) is 2. The summed E-state index contributed by atoms with van der Waals surface area (Å²) in [4.78, 5) is 12.1. The van der Waals surface area contributed by atoms with Crippen molar-refractivity contribution in [3.63, 3.8) is 0 Å². The van der Waals surface area contributed by atoms with Gasteiger partial charge in [-0.25, -0.2) is 0 Å². The van der Waals surface area contributed by atoms with Gasteiger partial charge in [-0.05, 0) is 63.3 Å². The summed E-state index contributed by atoms with van der Waals surface area (Å²) in [5, 5.41) is 3.15. The number of nitrogens with one attached hydrogen (secondary N) is 1. The first-order chi connectivity index (χ1) is 8.79. The lowest BCUT2D eigenvalue weighted by atomic mass is 9.81. The van der Waals surface area contributed by atoms with Gasteiger partial charge in [0.2, 0.25) is 5.91 Å². The number of allylic oxidation sites excluding steroid dienone is 2. The molecule has 3 nitrogen and oxygen atoms in total. The zero-order chi connectivity index (χ0) is 12.8. The average molecular weight is 250 g/mol. The zero-order valence-electron chi connectivity index (χ0n) is 11.2. The molecule has 0 bridgehead atoms.